The van der Waals surface area contributed by atoms with Crippen molar-refractivity contribution in [3.8, 4) is 0 Å². The molecule has 0 amide bonds. The van der Waals surface area contributed by atoms with Crippen molar-refractivity contribution in [3.05, 3.63) is 0 Å². The summed E-state index contributed by atoms with van der Waals surface area (Å²) in [6.45, 7) is 13.2. The van der Waals surface area contributed by atoms with Crippen LogP contribution in [-0.4, -0.2) is 41.0 Å². The highest BCUT2D eigenvalue weighted by molar-refractivity contribution is 4.36. The molecule has 0 fully saturated rings. The summed E-state index contributed by atoms with van der Waals surface area (Å²) in [5.74, 6) is 0. The van der Waals surface area contributed by atoms with E-state index in [9.17, 15) is 0 Å². The molecule has 3 heteroatoms. The number of hydrogen-bond acceptors (Lipinski definition) is 3. The van der Waals surface area contributed by atoms with Crippen LogP contribution in [0.15, 0.2) is 0 Å². The Morgan fingerprint density at radius 3 is 1.42 bits per heavy atom. The molecule has 0 aliphatic heterocycles. The fraction of sp³-hybridized carbons (Fsp3) is 1.00. The fourth-order valence-electron chi connectivity index (χ4n) is 0.893. The summed E-state index contributed by atoms with van der Waals surface area (Å²) < 4.78 is 9.35. The Balaban J connectivity index is -0.0000000858. The van der Waals surface area contributed by atoms with Crippen molar-refractivity contribution in [1.29, 1.82) is 0 Å². The second kappa shape index (κ2) is 43.0. The number of methoxy groups -OCH3 is 2. The van der Waals surface area contributed by atoms with Gasteiger partial charge in [-0.25, -0.2) is 0 Å². The number of unbranched alkanes of at least 4 members (excludes halogenated alkanes) is 3. The van der Waals surface area contributed by atoms with Crippen LogP contribution in [0.5, 0.6) is 0 Å². The molecule has 0 aliphatic carbocycles. The first-order chi connectivity index (χ1) is 9.24. The zero-order valence-electron chi connectivity index (χ0n) is 15.0. The van der Waals surface area contributed by atoms with Crippen molar-refractivity contribution in [3.63, 3.8) is 0 Å². The summed E-state index contributed by atoms with van der Waals surface area (Å²) in [5, 5.41) is 3.02. The molecule has 19 heavy (non-hydrogen) atoms. The van der Waals surface area contributed by atoms with Gasteiger partial charge in [0, 0.05) is 27.4 Å². The van der Waals surface area contributed by atoms with E-state index in [-0.39, 0.29) is 0 Å². The summed E-state index contributed by atoms with van der Waals surface area (Å²) in [7, 11) is 5.34. The average Bonchev–Trinajstić information content (AvgIpc) is 2.48. The largest absolute Gasteiger partial charge is 0.385 e. The lowest BCUT2D eigenvalue weighted by atomic mass is 10.2. The molecule has 0 atom stereocenters. The smallest absolute Gasteiger partial charge is 0.0474 e. The van der Waals surface area contributed by atoms with Gasteiger partial charge in [0.1, 0.15) is 0 Å². The average molecular weight is 280 g/mol. The molecular formula is C16H41NO2. The molecule has 0 unspecified atom stereocenters. The van der Waals surface area contributed by atoms with Crippen LogP contribution >= 0.6 is 0 Å². The minimum absolute atomic E-state index is 0.819. The summed E-state index contributed by atoms with van der Waals surface area (Å²) >= 11 is 0. The van der Waals surface area contributed by atoms with Gasteiger partial charge in [-0.15, -0.1) is 0 Å². The zero-order chi connectivity index (χ0) is 15.8. The van der Waals surface area contributed by atoms with Gasteiger partial charge in [0.05, 0.1) is 0 Å². The van der Waals surface area contributed by atoms with Crippen LogP contribution in [-0.2, 0) is 9.47 Å². The SMILES string of the molecule is CC.CCCCCC.CCOC.CNCCCOC. The van der Waals surface area contributed by atoms with Crippen LogP contribution in [0.3, 0.4) is 0 Å². The van der Waals surface area contributed by atoms with Gasteiger partial charge in [0.2, 0.25) is 0 Å². The van der Waals surface area contributed by atoms with Gasteiger partial charge < -0.3 is 14.8 Å². The minimum Gasteiger partial charge on any atom is -0.385 e. The molecule has 0 radical (unpaired) electrons. The lowest BCUT2D eigenvalue weighted by molar-refractivity contribution is 0.195. The van der Waals surface area contributed by atoms with Gasteiger partial charge in [-0.2, -0.15) is 0 Å². The lowest BCUT2D eigenvalue weighted by Gasteiger charge is -1.94. The predicted molar refractivity (Wildman–Crippen MR) is 89.1 cm³/mol. The van der Waals surface area contributed by atoms with E-state index in [0.29, 0.717) is 0 Å². The Labute approximate surface area is 123 Å². The monoisotopic (exact) mass is 279 g/mol. The molecule has 0 aliphatic rings. The third-order valence-corrected chi connectivity index (χ3v) is 2.02. The molecular weight excluding hydrogens is 238 g/mol. The second-order valence-electron chi connectivity index (χ2n) is 3.73. The Morgan fingerprint density at radius 1 is 0.789 bits per heavy atom. The molecule has 0 heterocycles. The van der Waals surface area contributed by atoms with Gasteiger partial charge >= 0.3 is 0 Å². The summed E-state index contributed by atoms with van der Waals surface area (Å²) in [5.41, 5.74) is 0. The first-order valence-electron chi connectivity index (χ1n) is 7.87. The first-order valence-corrected chi connectivity index (χ1v) is 7.87. The molecule has 0 aromatic carbocycles. The van der Waals surface area contributed by atoms with Crippen molar-refractivity contribution < 1.29 is 9.47 Å². The maximum absolute atomic E-state index is 4.80. The molecule has 0 saturated heterocycles. The molecule has 0 rings (SSSR count). The maximum Gasteiger partial charge on any atom is 0.0474 e. The van der Waals surface area contributed by atoms with Gasteiger partial charge in [0.25, 0.3) is 0 Å². The molecule has 0 saturated carbocycles. The van der Waals surface area contributed by atoms with Crippen molar-refractivity contribution in [1.82, 2.24) is 5.32 Å². The Kier molecular flexibility index (Phi) is 61.7. The lowest BCUT2D eigenvalue weighted by Crippen LogP contribution is -2.09. The summed E-state index contributed by atoms with van der Waals surface area (Å²) in [6, 6.07) is 0. The molecule has 0 bridgehead atoms. The van der Waals surface area contributed by atoms with E-state index in [1.165, 1.54) is 25.7 Å². The first kappa shape index (κ1) is 27.3. The van der Waals surface area contributed by atoms with Crippen LogP contribution in [0, 0.1) is 0 Å². The van der Waals surface area contributed by atoms with E-state index in [1.807, 2.05) is 27.8 Å². The highest BCUT2D eigenvalue weighted by Gasteiger charge is 1.78. The molecule has 0 aromatic rings. The molecule has 1 N–H and O–H groups in total. The Hall–Kier alpha value is -0.120. The third kappa shape index (κ3) is 72.6. The number of ether oxygens (including phenoxy) is 2. The minimum atomic E-state index is 0.819. The predicted octanol–water partition coefficient (Wildman–Crippen LogP) is 4.51. The van der Waals surface area contributed by atoms with Crippen molar-refractivity contribution in [2.24, 2.45) is 0 Å². The van der Waals surface area contributed by atoms with Gasteiger partial charge in [-0.3, -0.25) is 0 Å². The van der Waals surface area contributed by atoms with E-state index in [0.717, 1.165) is 26.2 Å². The molecule has 3 nitrogen and oxygen atoms in total. The normalized spacial score (nSPS) is 8.21. The Morgan fingerprint density at radius 2 is 1.21 bits per heavy atom. The summed E-state index contributed by atoms with van der Waals surface area (Å²) in [4.78, 5) is 0. The van der Waals surface area contributed by atoms with E-state index < -0.39 is 0 Å². The van der Waals surface area contributed by atoms with E-state index >= 15 is 0 Å². The van der Waals surface area contributed by atoms with E-state index in [2.05, 4.69) is 23.9 Å². The zero-order valence-corrected chi connectivity index (χ0v) is 15.0. The van der Waals surface area contributed by atoms with Gasteiger partial charge in [-0.1, -0.05) is 53.4 Å². The van der Waals surface area contributed by atoms with Gasteiger partial charge in [-0.05, 0) is 26.9 Å². The molecule has 0 aromatic heterocycles. The quantitative estimate of drug-likeness (QED) is 0.663. The number of rotatable bonds is 8. The highest BCUT2D eigenvalue weighted by Crippen LogP contribution is 1.95. The molecule has 122 valence electrons. The van der Waals surface area contributed by atoms with Crippen LogP contribution in [0.4, 0.5) is 0 Å². The van der Waals surface area contributed by atoms with Gasteiger partial charge in [0.15, 0.2) is 0 Å². The van der Waals surface area contributed by atoms with Crippen molar-refractivity contribution >= 4 is 0 Å². The second-order valence-corrected chi connectivity index (χ2v) is 3.73. The Bertz CT molecular complexity index is 80.8. The number of hydrogen-bond donors (Lipinski definition) is 1. The molecule has 0 spiro atoms. The number of nitrogens with one attached hydrogen (secondary N) is 1. The summed E-state index contributed by atoms with van der Waals surface area (Å²) in [6.07, 6.45) is 6.64. The van der Waals surface area contributed by atoms with E-state index in [1.54, 1.807) is 14.2 Å². The maximum atomic E-state index is 4.80. The van der Waals surface area contributed by atoms with Crippen LogP contribution in [0.2, 0.25) is 0 Å². The van der Waals surface area contributed by atoms with Crippen molar-refractivity contribution in [2.45, 2.75) is 66.7 Å². The van der Waals surface area contributed by atoms with E-state index in [4.69, 9.17) is 4.74 Å². The van der Waals surface area contributed by atoms with Crippen LogP contribution in [0.25, 0.3) is 0 Å². The highest BCUT2D eigenvalue weighted by atomic mass is 16.5. The standard InChI is InChI=1S/C6H14.C5H13NO.C3H8O.C2H6/c1-3-5-6-4-2;1-6-4-3-5-7-2;1-3-4-2;1-2/h3-6H2,1-2H3;6H,3-5H2,1-2H3;3H2,1-2H3;1-2H3. The fourth-order valence-corrected chi connectivity index (χ4v) is 0.893. The topological polar surface area (TPSA) is 30.5 Å². The van der Waals surface area contributed by atoms with Crippen molar-refractivity contribution in [2.75, 3.05) is 41.0 Å². The van der Waals surface area contributed by atoms with Crippen LogP contribution in [0.1, 0.15) is 66.7 Å². The third-order valence-electron chi connectivity index (χ3n) is 2.02. The van der Waals surface area contributed by atoms with Crippen LogP contribution < -0.4 is 5.32 Å².